The highest BCUT2D eigenvalue weighted by molar-refractivity contribution is 5.78. The van der Waals surface area contributed by atoms with Crippen molar-refractivity contribution in [2.24, 2.45) is 11.8 Å². The van der Waals surface area contributed by atoms with E-state index in [-0.39, 0.29) is 17.8 Å². The smallest absolute Gasteiger partial charge is 0.306 e. The molecule has 1 fully saturated rings. The molecular formula is C14H25NO3. The normalized spacial score (nSPS) is 23.5. The molecule has 0 saturated heterocycles. The Balaban J connectivity index is 2.32. The van der Waals surface area contributed by atoms with Gasteiger partial charge in [0.15, 0.2) is 0 Å². The summed E-state index contributed by atoms with van der Waals surface area (Å²) in [7, 11) is 1.85. The monoisotopic (exact) mass is 255 g/mol. The van der Waals surface area contributed by atoms with E-state index < -0.39 is 0 Å². The maximum absolute atomic E-state index is 12.0. The zero-order valence-electron chi connectivity index (χ0n) is 11.8. The van der Waals surface area contributed by atoms with Crippen molar-refractivity contribution < 1.29 is 14.3 Å². The van der Waals surface area contributed by atoms with Crippen LogP contribution in [0.2, 0.25) is 0 Å². The third kappa shape index (κ3) is 4.31. The Morgan fingerprint density at radius 1 is 1.17 bits per heavy atom. The Morgan fingerprint density at radius 3 is 2.28 bits per heavy atom. The van der Waals surface area contributed by atoms with Crippen molar-refractivity contribution in [2.75, 3.05) is 20.2 Å². The van der Waals surface area contributed by atoms with Gasteiger partial charge in [0, 0.05) is 25.9 Å². The lowest BCUT2D eigenvalue weighted by Crippen LogP contribution is -2.35. The van der Waals surface area contributed by atoms with E-state index >= 15 is 0 Å². The molecule has 0 aromatic carbocycles. The van der Waals surface area contributed by atoms with Crippen LogP contribution in [0, 0.1) is 11.8 Å². The molecule has 4 heteroatoms. The van der Waals surface area contributed by atoms with Crippen molar-refractivity contribution in [1.29, 1.82) is 0 Å². The van der Waals surface area contributed by atoms with Crippen molar-refractivity contribution in [3.05, 3.63) is 0 Å². The molecule has 0 atom stereocenters. The van der Waals surface area contributed by atoms with Gasteiger partial charge in [-0.15, -0.1) is 0 Å². The van der Waals surface area contributed by atoms with Crippen LogP contribution in [0.3, 0.4) is 0 Å². The molecular weight excluding hydrogens is 230 g/mol. The Hall–Kier alpha value is -1.06. The van der Waals surface area contributed by atoms with Crippen LogP contribution in [-0.4, -0.2) is 37.0 Å². The molecule has 0 aromatic heterocycles. The van der Waals surface area contributed by atoms with E-state index in [0.717, 1.165) is 32.2 Å². The molecule has 18 heavy (non-hydrogen) atoms. The van der Waals surface area contributed by atoms with Gasteiger partial charge in [-0.25, -0.2) is 0 Å². The Labute approximate surface area is 110 Å². The van der Waals surface area contributed by atoms with Gasteiger partial charge in [0.25, 0.3) is 0 Å². The summed E-state index contributed by atoms with van der Waals surface area (Å²) in [4.78, 5) is 25.2. The molecule has 4 nitrogen and oxygen atoms in total. The van der Waals surface area contributed by atoms with E-state index in [0.29, 0.717) is 18.9 Å². The quantitative estimate of drug-likeness (QED) is 0.708. The van der Waals surface area contributed by atoms with E-state index in [2.05, 4.69) is 0 Å². The largest absolute Gasteiger partial charge is 0.466 e. The van der Waals surface area contributed by atoms with Crippen molar-refractivity contribution in [3.63, 3.8) is 0 Å². The number of amides is 1. The van der Waals surface area contributed by atoms with E-state index in [1.54, 1.807) is 4.90 Å². The summed E-state index contributed by atoms with van der Waals surface area (Å²) in [6.45, 7) is 5.04. The number of hydrogen-bond donors (Lipinski definition) is 0. The van der Waals surface area contributed by atoms with Crippen LogP contribution in [0.15, 0.2) is 0 Å². The van der Waals surface area contributed by atoms with Crippen LogP contribution in [0.5, 0.6) is 0 Å². The third-order valence-electron chi connectivity index (χ3n) is 3.81. The topological polar surface area (TPSA) is 46.6 Å². The van der Waals surface area contributed by atoms with Crippen molar-refractivity contribution in [1.82, 2.24) is 4.90 Å². The average molecular weight is 255 g/mol. The third-order valence-corrected chi connectivity index (χ3v) is 3.81. The molecule has 0 bridgehead atoms. The Kier molecular flexibility index (Phi) is 6.16. The molecule has 1 saturated carbocycles. The molecule has 1 rings (SSSR count). The molecule has 0 radical (unpaired) electrons. The zero-order valence-corrected chi connectivity index (χ0v) is 11.8. The van der Waals surface area contributed by atoms with Crippen molar-refractivity contribution >= 4 is 11.9 Å². The summed E-state index contributed by atoms with van der Waals surface area (Å²) in [6.07, 6.45) is 4.26. The number of carbonyl (C=O) groups excluding carboxylic acids is 2. The number of nitrogens with zero attached hydrogens (tertiary/aromatic N) is 1. The van der Waals surface area contributed by atoms with Gasteiger partial charge in [-0.05, 0) is 45.4 Å². The fourth-order valence-corrected chi connectivity index (χ4v) is 2.54. The van der Waals surface area contributed by atoms with Gasteiger partial charge in [-0.3, -0.25) is 9.59 Å². The van der Waals surface area contributed by atoms with Crippen LogP contribution >= 0.6 is 0 Å². The average Bonchev–Trinajstić information content (AvgIpc) is 2.38. The summed E-state index contributed by atoms with van der Waals surface area (Å²) in [5, 5.41) is 0. The molecule has 0 aromatic rings. The highest BCUT2D eigenvalue weighted by Crippen LogP contribution is 2.31. The van der Waals surface area contributed by atoms with Crippen LogP contribution in [0.1, 0.15) is 46.0 Å². The standard InChI is InChI=1S/C14H25NO3/c1-4-15(3)14(17)12-8-6-11(7-9-12)10-13(16)18-5-2/h11-12H,4-10H2,1-3H3/t11-,12-. The minimum atomic E-state index is -0.0991. The lowest BCUT2D eigenvalue weighted by Gasteiger charge is -2.29. The van der Waals surface area contributed by atoms with Gasteiger partial charge in [-0.1, -0.05) is 0 Å². The van der Waals surface area contributed by atoms with Gasteiger partial charge < -0.3 is 9.64 Å². The molecule has 1 aliphatic rings. The molecule has 0 heterocycles. The predicted molar refractivity (Wildman–Crippen MR) is 70.0 cm³/mol. The van der Waals surface area contributed by atoms with Gasteiger partial charge in [0.1, 0.15) is 0 Å². The first kappa shape index (κ1) is 15.0. The Bertz CT molecular complexity index is 283. The minimum absolute atomic E-state index is 0.0991. The van der Waals surface area contributed by atoms with E-state index in [4.69, 9.17) is 4.74 Å². The van der Waals surface area contributed by atoms with Gasteiger partial charge in [-0.2, -0.15) is 0 Å². The first-order valence-electron chi connectivity index (χ1n) is 6.99. The highest BCUT2D eigenvalue weighted by atomic mass is 16.5. The van der Waals surface area contributed by atoms with Crippen molar-refractivity contribution in [2.45, 2.75) is 46.0 Å². The SMILES string of the molecule is CCOC(=O)C[C@H]1CC[C@H](C(=O)N(C)CC)CC1. The number of esters is 1. The fraction of sp³-hybridized carbons (Fsp3) is 0.857. The molecule has 1 aliphatic carbocycles. The lowest BCUT2D eigenvalue weighted by molar-refractivity contribution is -0.144. The summed E-state index contributed by atoms with van der Waals surface area (Å²) in [5.41, 5.74) is 0. The molecule has 0 unspecified atom stereocenters. The minimum Gasteiger partial charge on any atom is -0.466 e. The predicted octanol–water partition coefficient (Wildman–Crippen LogP) is 2.22. The number of carbonyl (C=O) groups is 2. The second kappa shape index (κ2) is 7.39. The second-order valence-corrected chi connectivity index (χ2v) is 5.08. The van der Waals surface area contributed by atoms with Gasteiger partial charge >= 0.3 is 5.97 Å². The number of hydrogen-bond acceptors (Lipinski definition) is 3. The highest BCUT2D eigenvalue weighted by Gasteiger charge is 2.28. The van der Waals surface area contributed by atoms with E-state index in [1.165, 1.54) is 0 Å². The van der Waals surface area contributed by atoms with Crippen LogP contribution in [0.4, 0.5) is 0 Å². The molecule has 0 aliphatic heterocycles. The Morgan fingerprint density at radius 2 is 1.78 bits per heavy atom. The summed E-state index contributed by atoms with van der Waals surface area (Å²) >= 11 is 0. The maximum Gasteiger partial charge on any atom is 0.306 e. The zero-order chi connectivity index (χ0) is 13.5. The van der Waals surface area contributed by atoms with Crippen molar-refractivity contribution in [3.8, 4) is 0 Å². The molecule has 1 amide bonds. The fourth-order valence-electron chi connectivity index (χ4n) is 2.54. The maximum atomic E-state index is 12.0. The van der Waals surface area contributed by atoms with Crippen LogP contribution < -0.4 is 0 Å². The second-order valence-electron chi connectivity index (χ2n) is 5.08. The number of rotatable bonds is 5. The van der Waals surface area contributed by atoms with E-state index in [9.17, 15) is 9.59 Å². The molecule has 0 spiro atoms. The lowest BCUT2D eigenvalue weighted by atomic mass is 9.80. The first-order valence-corrected chi connectivity index (χ1v) is 6.99. The summed E-state index contributed by atoms with van der Waals surface area (Å²) in [6, 6.07) is 0. The number of ether oxygens (including phenoxy) is 1. The van der Waals surface area contributed by atoms with E-state index in [1.807, 2.05) is 20.9 Å². The molecule has 0 N–H and O–H groups in total. The summed E-state index contributed by atoms with van der Waals surface area (Å²) < 4.78 is 4.96. The molecule has 104 valence electrons. The van der Waals surface area contributed by atoms with Crippen LogP contribution in [0.25, 0.3) is 0 Å². The van der Waals surface area contributed by atoms with Gasteiger partial charge in [0.05, 0.1) is 6.61 Å². The summed E-state index contributed by atoms with van der Waals surface area (Å²) in [5.74, 6) is 0.721. The van der Waals surface area contributed by atoms with Crippen LogP contribution in [-0.2, 0) is 14.3 Å². The first-order chi connectivity index (χ1) is 8.58. The van der Waals surface area contributed by atoms with Gasteiger partial charge in [0.2, 0.25) is 5.91 Å².